The van der Waals surface area contributed by atoms with Crippen molar-refractivity contribution in [2.45, 2.75) is 36.8 Å². The Morgan fingerprint density at radius 3 is 2.22 bits per heavy atom. The van der Waals surface area contributed by atoms with E-state index in [0.717, 1.165) is 31.4 Å². The zero-order chi connectivity index (χ0) is 23.5. The number of nitrogens with one attached hydrogen (secondary N) is 1. The van der Waals surface area contributed by atoms with Crippen molar-refractivity contribution < 1.29 is 26.4 Å². The minimum atomic E-state index is -4.53. The Balaban J connectivity index is 1.73. The number of anilines is 2. The van der Waals surface area contributed by atoms with Crippen LogP contribution in [0.1, 0.15) is 30.4 Å². The fraction of sp³-hybridized carbons (Fsp3) is 0.409. The van der Waals surface area contributed by atoms with Crippen LogP contribution in [0, 0.1) is 0 Å². The van der Waals surface area contributed by atoms with Crippen molar-refractivity contribution in [2.24, 2.45) is 0 Å². The number of sulfonamides is 1. The van der Waals surface area contributed by atoms with Gasteiger partial charge >= 0.3 is 6.18 Å². The van der Waals surface area contributed by atoms with Crippen LogP contribution < -0.4 is 10.2 Å². The van der Waals surface area contributed by atoms with Gasteiger partial charge in [-0.2, -0.15) is 17.5 Å². The number of rotatable bonds is 6. The summed E-state index contributed by atoms with van der Waals surface area (Å²) in [5.74, 6) is -0.501. The molecule has 2 aromatic carbocycles. The number of benzene rings is 2. The van der Waals surface area contributed by atoms with Crippen molar-refractivity contribution in [3.8, 4) is 0 Å². The number of carbonyl (C=O) groups excluding carboxylic acids is 1. The van der Waals surface area contributed by atoms with E-state index in [2.05, 4.69) is 5.32 Å². The number of hydrogen-bond acceptors (Lipinski definition) is 4. The Kier molecular flexibility index (Phi) is 7.14. The highest BCUT2D eigenvalue weighted by Gasteiger charge is 2.31. The molecule has 2 aromatic rings. The smallest absolute Gasteiger partial charge is 0.376 e. The SMILES string of the molecule is CN(C)c1ccc(C(F)(F)F)cc1NC(=O)Cc1ccc(S(=O)(=O)N2CCCCC2)cc1. The van der Waals surface area contributed by atoms with Crippen molar-refractivity contribution in [1.82, 2.24) is 4.31 Å². The van der Waals surface area contributed by atoms with E-state index in [4.69, 9.17) is 0 Å². The molecule has 0 unspecified atom stereocenters. The normalized spacial score (nSPS) is 15.4. The van der Waals surface area contributed by atoms with Crippen LogP contribution in [0.5, 0.6) is 0 Å². The maximum Gasteiger partial charge on any atom is 0.416 e. The zero-order valence-electron chi connectivity index (χ0n) is 17.9. The van der Waals surface area contributed by atoms with E-state index in [9.17, 15) is 26.4 Å². The molecule has 3 rings (SSSR count). The molecule has 1 N–H and O–H groups in total. The molecule has 0 aromatic heterocycles. The van der Waals surface area contributed by atoms with Crippen molar-refractivity contribution in [2.75, 3.05) is 37.4 Å². The van der Waals surface area contributed by atoms with Crippen LogP contribution in [0.4, 0.5) is 24.5 Å². The molecule has 0 atom stereocenters. The predicted molar refractivity (Wildman–Crippen MR) is 117 cm³/mol. The van der Waals surface area contributed by atoms with E-state index in [0.29, 0.717) is 24.3 Å². The molecule has 1 amide bonds. The molecule has 1 saturated heterocycles. The molecule has 1 aliphatic rings. The van der Waals surface area contributed by atoms with Crippen LogP contribution in [0.3, 0.4) is 0 Å². The molecule has 0 aliphatic carbocycles. The number of nitrogens with zero attached hydrogens (tertiary/aromatic N) is 2. The fourth-order valence-electron chi connectivity index (χ4n) is 3.62. The molecule has 1 heterocycles. The van der Waals surface area contributed by atoms with Crippen molar-refractivity contribution >= 4 is 27.3 Å². The topological polar surface area (TPSA) is 69.7 Å². The quantitative estimate of drug-likeness (QED) is 0.691. The highest BCUT2D eigenvalue weighted by Crippen LogP contribution is 2.35. The van der Waals surface area contributed by atoms with Gasteiger partial charge < -0.3 is 10.2 Å². The minimum absolute atomic E-state index is 0.0547. The molecule has 0 radical (unpaired) electrons. The van der Waals surface area contributed by atoms with Gasteiger partial charge in [-0.1, -0.05) is 18.6 Å². The summed E-state index contributed by atoms with van der Waals surface area (Å²) in [6.07, 6.45) is -1.95. The number of piperidine rings is 1. The lowest BCUT2D eigenvalue weighted by Crippen LogP contribution is -2.35. The van der Waals surface area contributed by atoms with Gasteiger partial charge in [0.1, 0.15) is 0 Å². The Morgan fingerprint density at radius 2 is 1.66 bits per heavy atom. The zero-order valence-corrected chi connectivity index (χ0v) is 18.8. The van der Waals surface area contributed by atoms with Crippen LogP contribution in [-0.2, 0) is 27.4 Å². The van der Waals surface area contributed by atoms with Crippen LogP contribution in [0.15, 0.2) is 47.4 Å². The van der Waals surface area contributed by atoms with Crippen LogP contribution in [-0.4, -0.2) is 45.8 Å². The lowest BCUT2D eigenvalue weighted by Gasteiger charge is -2.25. The van der Waals surface area contributed by atoms with Crippen molar-refractivity contribution in [3.63, 3.8) is 0 Å². The molecule has 0 saturated carbocycles. The Labute approximate surface area is 186 Å². The molecular weight excluding hydrogens is 443 g/mol. The number of hydrogen-bond donors (Lipinski definition) is 1. The highest BCUT2D eigenvalue weighted by atomic mass is 32.2. The van der Waals surface area contributed by atoms with Gasteiger partial charge in [-0.25, -0.2) is 8.42 Å². The first-order chi connectivity index (χ1) is 15.0. The second-order valence-electron chi connectivity index (χ2n) is 7.96. The summed E-state index contributed by atoms with van der Waals surface area (Å²) in [6.45, 7) is 0.995. The maximum atomic E-state index is 13.1. The maximum absolute atomic E-state index is 13.1. The molecule has 1 fully saturated rings. The van der Waals surface area contributed by atoms with Gasteiger partial charge in [0.2, 0.25) is 15.9 Å². The largest absolute Gasteiger partial charge is 0.416 e. The predicted octanol–water partition coefficient (Wildman–Crippen LogP) is 4.13. The van der Waals surface area contributed by atoms with Crippen molar-refractivity contribution in [3.05, 3.63) is 53.6 Å². The van der Waals surface area contributed by atoms with E-state index >= 15 is 0 Å². The molecule has 0 spiro atoms. The van der Waals surface area contributed by atoms with Gasteiger partial charge in [0.15, 0.2) is 0 Å². The lowest BCUT2D eigenvalue weighted by atomic mass is 10.1. The van der Waals surface area contributed by atoms with Crippen LogP contribution in [0.25, 0.3) is 0 Å². The van der Waals surface area contributed by atoms with E-state index in [1.165, 1.54) is 22.5 Å². The number of carbonyl (C=O) groups is 1. The van der Waals surface area contributed by atoms with Gasteiger partial charge in [0, 0.05) is 27.2 Å². The molecule has 174 valence electrons. The average Bonchev–Trinajstić information content (AvgIpc) is 2.74. The molecule has 32 heavy (non-hydrogen) atoms. The first-order valence-corrected chi connectivity index (χ1v) is 11.7. The third-order valence-corrected chi connectivity index (χ3v) is 7.23. The number of alkyl halides is 3. The van der Waals surface area contributed by atoms with Gasteiger partial charge in [-0.3, -0.25) is 4.79 Å². The second kappa shape index (κ2) is 9.50. The van der Waals surface area contributed by atoms with Crippen molar-refractivity contribution in [1.29, 1.82) is 0 Å². The van der Waals surface area contributed by atoms with Gasteiger partial charge in [-0.05, 0) is 48.7 Å². The molecular formula is C22H26F3N3O3S. The summed E-state index contributed by atoms with van der Waals surface area (Å²) < 4.78 is 66.1. The summed E-state index contributed by atoms with van der Waals surface area (Å²) in [5, 5.41) is 2.54. The summed E-state index contributed by atoms with van der Waals surface area (Å²) >= 11 is 0. The molecule has 0 bridgehead atoms. The minimum Gasteiger partial charge on any atom is -0.376 e. The fourth-order valence-corrected chi connectivity index (χ4v) is 5.13. The summed E-state index contributed by atoms with van der Waals surface area (Å²) in [5.41, 5.74) is 0.192. The Bertz CT molecular complexity index is 1060. The van der Waals surface area contributed by atoms with Crippen LogP contribution >= 0.6 is 0 Å². The van der Waals surface area contributed by atoms with Gasteiger partial charge in [0.25, 0.3) is 0 Å². The average molecular weight is 470 g/mol. The van der Waals surface area contributed by atoms with E-state index < -0.39 is 27.7 Å². The lowest BCUT2D eigenvalue weighted by molar-refractivity contribution is -0.137. The monoisotopic (exact) mass is 469 g/mol. The number of amides is 1. The summed E-state index contributed by atoms with van der Waals surface area (Å²) in [6, 6.07) is 9.20. The number of halogens is 3. The van der Waals surface area contributed by atoms with Gasteiger partial charge in [-0.15, -0.1) is 0 Å². The molecule has 1 aliphatic heterocycles. The Morgan fingerprint density at radius 1 is 1.03 bits per heavy atom. The van der Waals surface area contributed by atoms with E-state index in [-0.39, 0.29) is 17.0 Å². The van der Waals surface area contributed by atoms with E-state index in [1.807, 2.05) is 0 Å². The highest BCUT2D eigenvalue weighted by molar-refractivity contribution is 7.89. The van der Waals surface area contributed by atoms with E-state index in [1.54, 1.807) is 31.1 Å². The third-order valence-electron chi connectivity index (χ3n) is 5.32. The molecule has 10 heteroatoms. The standard InChI is InChI=1S/C22H26F3N3O3S/c1-27(2)20-11-8-17(22(23,24)25)15-19(20)26-21(29)14-16-6-9-18(10-7-16)32(30,31)28-12-4-3-5-13-28/h6-11,15H,3-5,12-14H2,1-2H3,(H,26,29). The summed E-state index contributed by atoms with van der Waals surface area (Å²) in [4.78, 5) is 14.3. The van der Waals surface area contributed by atoms with Crippen LogP contribution in [0.2, 0.25) is 0 Å². The third kappa shape index (κ3) is 5.60. The molecule has 6 nitrogen and oxygen atoms in total. The first kappa shape index (κ1) is 24.1. The Hall–Kier alpha value is -2.59. The van der Waals surface area contributed by atoms with Gasteiger partial charge in [0.05, 0.1) is 28.3 Å². The first-order valence-electron chi connectivity index (χ1n) is 10.3. The summed E-state index contributed by atoms with van der Waals surface area (Å²) in [7, 11) is -0.236. The second-order valence-corrected chi connectivity index (χ2v) is 9.90.